The van der Waals surface area contributed by atoms with Crippen LogP contribution in [0.1, 0.15) is 84.1 Å². The number of aromatic nitrogens is 2. The van der Waals surface area contributed by atoms with Crippen LogP contribution in [0.5, 0.6) is 0 Å². The number of hydrogen-bond donors (Lipinski definition) is 2. The van der Waals surface area contributed by atoms with Gasteiger partial charge in [0.15, 0.2) is 0 Å². The largest absolute Gasteiger partial charge is 0.388 e. The van der Waals surface area contributed by atoms with E-state index >= 15 is 0 Å². The Morgan fingerprint density at radius 3 is 2.71 bits per heavy atom. The molecule has 4 aliphatic carbocycles. The van der Waals surface area contributed by atoms with Crippen LogP contribution >= 0.6 is 0 Å². The minimum Gasteiger partial charge on any atom is -0.388 e. The number of nitriles is 1. The van der Waals surface area contributed by atoms with E-state index < -0.39 is 11.2 Å². The zero-order valence-corrected chi connectivity index (χ0v) is 21.2. The van der Waals surface area contributed by atoms with Crippen molar-refractivity contribution in [1.82, 2.24) is 9.78 Å². The first kappa shape index (κ1) is 24.3. The van der Waals surface area contributed by atoms with Crippen LogP contribution in [0, 0.1) is 52.3 Å². The molecule has 0 amide bonds. The summed E-state index contributed by atoms with van der Waals surface area (Å²) in [7, 11) is 0. The smallest absolute Gasteiger partial charge is 0.102 e. The van der Waals surface area contributed by atoms with E-state index in [1.165, 1.54) is 32.1 Å². The maximum Gasteiger partial charge on any atom is 0.102 e. The van der Waals surface area contributed by atoms with Gasteiger partial charge >= 0.3 is 0 Å². The molecule has 0 aliphatic heterocycles. The van der Waals surface area contributed by atoms with Crippen molar-refractivity contribution in [3.05, 3.63) is 18.0 Å². The van der Waals surface area contributed by atoms with Crippen molar-refractivity contribution < 1.29 is 14.9 Å². The van der Waals surface area contributed by atoms with Gasteiger partial charge in [0.05, 0.1) is 36.1 Å². The maximum absolute atomic E-state index is 11.7. The second-order valence-electron chi connectivity index (χ2n) is 12.6. The summed E-state index contributed by atoms with van der Waals surface area (Å²) in [4.78, 5) is 0. The molecule has 2 N–H and O–H groups in total. The van der Waals surface area contributed by atoms with Crippen LogP contribution in [0.4, 0.5) is 0 Å². The lowest BCUT2D eigenvalue weighted by atomic mass is 9.48. The van der Waals surface area contributed by atoms with Crippen molar-refractivity contribution >= 4 is 0 Å². The second kappa shape index (κ2) is 8.91. The van der Waals surface area contributed by atoms with Gasteiger partial charge in [-0.15, -0.1) is 0 Å². The monoisotopic (exact) mass is 469 g/mol. The van der Waals surface area contributed by atoms with Gasteiger partial charge in [-0.1, -0.05) is 6.92 Å². The number of aliphatic hydroxyl groups is 2. The van der Waals surface area contributed by atoms with E-state index in [4.69, 9.17) is 10.00 Å². The van der Waals surface area contributed by atoms with E-state index in [0.717, 1.165) is 43.4 Å². The van der Waals surface area contributed by atoms with Crippen molar-refractivity contribution in [3.63, 3.8) is 0 Å². The van der Waals surface area contributed by atoms with Gasteiger partial charge in [-0.25, -0.2) is 0 Å². The molecule has 5 rings (SSSR count). The third kappa shape index (κ3) is 4.12. The predicted octanol–water partition coefficient (Wildman–Crippen LogP) is 4.54. The fourth-order valence-corrected chi connectivity index (χ4v) is 9.35. The predicted molar refractivity (Wildman–Crippen MR) is 130 cm³/mol. The Balaban J connectivity index is 1.29. The highest BCUT2D eigenvalue weighted by atomic mass is 16.5. The van der Waals surface area contributed by atoms with E-state index in [2.05, 4.69) is 18.1 Å². The van der Waals surface area contributed by atoms with Crippen LogP contribution in [0.15, 0.2) is 12.4 Å². The molecule has 0 bridgehead atoms. The Labute approximate surface area is 204 Å². The zero-order chi connectivity index (χ0) is 24.1. The van der Waals surface area contributed by atoms with Gasteiger partial charge in [0, 0.05) is 12.8 Å². The van der Waals surface area contributed by atoms with Crippen molar-refractivity contribution in [3.8, 4) is 6.07 Å². The standard InChI is InChI=1S/C28H43N3O3/c1-4-34-18-28(33)12-10-21-20(13-28)5-6-23-22(21)9-11-26(2)24(23)7-8-25(26)27(3,32)17-31-16-19(14-29)15-30-31/h15-16,20-25,32-33H,4-13,17-18H2,1-3H3/t20-,21+,22-,23-,24+,25?,26+,27+,28-/m1/s1. The molecule has 0 spiro atoms. The van der Waals surface area contributed by atoms with Crippen molar-refractivity contribution in [2.75, 3.05) is 13.2 Å². The molecule has 4 saturated carbocycles. The molecule has 0 radical (unpaired) electrons. The Morgan fingerprint density at radius 2 is 1.97 bits per heavy atom. The quantitative estimate of drug-likeness (QED) is 0.638. The van der Waals surface area contributed by atoms with Crippen molar-refractivity contribution in [1.29, 1.82) is 5.26 Å². The van der Waals surface area contributed by atoms with E-state index in [-0.39, 0.29) is 11.3 Å². The van der Waals surface area contributed by atoms with E-state index in [0.29, 0.717) is 37.2 Å². The third-order valence-electron chi connectivity index (χ3n) is 10.7. The molecule has 34 heavy (non-hydrogen) atoms. The van der Waals surface area contributed by atoms with Gasteiger partial charge < -0.3 is 14.9 Å². The van der Waals surface area contributed by atoms with Gasteiger partial charge in [-0.2, -0.15) is 10.4 Å². The van der Waals surface area contributed by atoms with Crippen molar-refractivity contribution in [2.45, 2.75) is 96.3 Å². The Hall–Kier alpha value is -1.42. The first-order valence-electron chi connectivity index (χ1n) is 13.6. The van der Waals surface area contributed by atoms with Crippen LogP contribution in [0.25, 0.3) is 0 Å². The number of ether oxygens (including phenoxy) is 1. The molecule has 6 heteroatoms. The molecule has 9 atom stereocenters. The summed E-state index contributed by atoms with van der Waals surface area (Å²) in [5, 5.41) is 36.2. The SMILES string of the molecule is CCOC[C@@]1(O)CC[C@H]2[C@H](CC[C@@H]3[C@@H]2CC[C@]2(C)C([C@@](C)(O)Cn4cc(C#N)cn4)CC[C@@H]32)C1. The second-order valence-corrected chi connectivity index (χ2v) is 12.6. The normalized spacial score (nSPS) is 43.3. The molecule has 0 saturated heterocycles. The van der Waals surface area contributed by atoms with Crippen LogP contribution in [-0.2, 0) is 11.3 Å². The van der Waals surface area contributed by atoms with Gasteiger partial charge in [0.1, 0.15) is 6.07 Å². The summed E-state index contributed by atoms with van der Waals surface area (Å²) in [6, 6.07) is 2.14. The molecule has 0 aromatic carbocycles. The molecule has 6 nitrogen and oxygen atoms in total. The average molecular weight is 470 g/mol. The summed E-state index contributed by atoms with van der Waals surface area (Å²) in [6.45, 7) is 8.06. The number of nitrogens with zero attached hydrogens (tertiary/aromatic N) is 3. The molecule has 4 fully saturated rings. The summed E-state index contributed by atoms with van der Waals surface area (Å²) < 4.78 is 7.38. The highest BCUT2D eigenvalue weighted by Gasteiger charge is 2.60. The van der Waals surface area contributed by atoms with Gasteiger partial charge in [-0.05, 0) is 113 Å². The summed E-state index contributed by atoms with van der Waals surface area (Å²) in [6.07, 6.45) is 13.5. The van der Waals surface area contributed by atoms with Crippen LogP contribution in [-0.4, -0.2) is 44.4 Å². The van der Waals surface area contributed by atoms with Gasteiger partial charge in [-0.3, -0.25) is 4.68 Å². The summed E-state index contributed by atoms with van der Waals surface area (Å²) in [5.41, 5.74) is -0.758. The van der Waals surface area contributed by atoms with Gasteiger partial charge in [0.2, 0.25) is 0 Å². The van der Waals surface area contributed by atoms with Crippen LogP contribution in [0.3, 0.4) is 0 Å². The molecular weight excluding hydrogens is 426 g/mol. The highest BCUT2D eigenvalue weighted by Crippen LogP contribution is 2.66. The minimum atomic E-state index is -0.840. The number of hydrogen-bond acceptors (Lipinski definition) is 5. The summed E-state index contributed by atoms with van der Waals surface area (Å²) in [5.74, 6) is 3.86. The zero-order valence-electron chi connectivity index (χ0n) is 21.2. The molecule has 1 aromatic rings. The number of rotatable bonds is 6. The van der Waals surface area contributed by atoms with Crippen LogP contribution < -0.4 is 0 Å². The Morgan fingerprint density at radius 1 is 1.18 bits per heavy atom. The fourth-order valence-electron chi connectivity index (χ4n) is 9.35. The van der Waals surface area contributed by atoms with E-state index in [1.807, 2.05) is 13.8 Å². The summed E-state index contributed by atoms with van der Waals surface area (Å²) >= 11 is 0. The first-order valence-corrected chi connectivity index (χ1v) is 13.6. The van der Waals surface area contributed by atoms with E-state index in [9.17, 15) is 10.2 Å². The lowest BCUT2D eigenvalue weighted by Gasteiger charge is -2.58. The lowest BCUT2D eigenvalue weighted by Crippen LogP contribution is -2.54. The molecular formula is C28H43N3O3. The molecule has 4 aliphatic rings. The third-order valence-corrected chi connectivity index (χ3v) is 10.7. The Bertz CT molecular complexity index is 922. The molecule has 1 aromatic heterocycles. The maximum atomic E-state index is 11.7. The minimum absolute atomic E-state index is 0.160. The van der Waals surface area contributed by atoms with Crippen molar-refractivity contribution in [2.24, 2.45) is 40.9 Å². The average Bonchev–Trinajstić information content (AvgIpc) is 3.40. The van der Waals surface area contributed by atoms with Gasteiger partial charge in [0.25, 0.3) is 0 Å². The van der Waals surface area contributed by atoms with E-state index in [1.54, 1.807) is 17.1 Å². The topological polar surface area (TPSA) is 91.3 Å². The number of fused-ring (bicyclic) bond motifs is 5. The molecule has 1 unspecified atom stereocenters. The Kier molecular flexibility index (Phi) is 6.36. The lowest BCUT2D eigenvalue weighted by molar-refractivity contribution is -0.140. The van der Waals surface area contributed by atoms with Crippen LogP contribution in [0.2, 0.25) is 0 Å². The molecule has 1 heterocycles. The molecule has 188 valence electrons. The fraction of sp³-hybridized carbons (Fsp3) is 0.857. The highest BCUT2D eigenvalue weighted by molar-refractivity contribution is 5.21. The first-order chi connectivity index (χ1) is 16.2.